The number of hydrogen-bond donors (Lipinski definition) is 3. The Bertz CT molecular complexity index is 701. The van der Waals surface area contributed by atoms with Gasteiger partial charge in [-0.2, -0.15) is 0 Å². The van der Waals surface area contributed by atoms with E-state index in [1.54, 1.807) is 12.1 Å². The van der Waals surface area contributed by atoms with Gasteiger partial charge in [0.25, 0.3) is 10.9 Å². The molecule has 3 N–H and O–H groups in total. The first kappa shape index (κ1) is 17.0. The number of anilines is 2. The van der Waals surface area contributed by atoms with Crippen LogP contribution in [0.5, 0.6) is 5.75 Å². The Labute approximate surface area is 135 Å². The summed E-state index contributed by atoms with van der Waals surface area (Å²) in [6.45, 7) is 2.14. The van der Waals surface area contributed by atoms with Gasteiger partial charge in [-0.25, -0.2) is 0 Å². The molecule has 0 unspecified atom stereocenters. The molecule has 0 spiro atoms. The van der Waals surface area contributed by atoms with Crippen LogP contribution >= 0.6 is 0 Å². The van der Waals surface area contributed by atoms with E-state index in [1.807, 2.05) is 26.2 Å². The van der Waals surface area contributed by atoms with Crippen molar-refractivity contribution in [1.29, 1.82) is 0 Å². The molecule has 0 radical (unpaired) electrons. The summed E-state index contributed by atoms with van der Waals surface area (Å²) in [4.78, 5) is 25.3. The first-order valence-electron chi connectivity index (χ1n) is 7.72. The Morgan fingerprint density at radius 2 is 1.52 bits per heavy atom. The molecule has 0 fully saturated rings. The van der Waals surface area contributed by atoms with Gasteiger partial charge in [-0.15, -0.1) is 0 Å². The molecule has 23 heavy (non-hydrogen) atoms. The Morgan fingerprint density at radius 3 is 2.09 bits per heavy atom. The number of benzene rings is 1. The van der Waals surface area contributed by atoms with Crippen molar-refractivity contribution in [3.63, 3.8) is 0 Å². The molecule has 0 atom stereocenters. The van der Waals surface area contributed by atoms with Crippen LogP contribution in [0.4, 0.5) is 11.4 Å². The molecular weight excluding hydrogens is 294 g/mol. The van der Waals surface area contributed by atoms with Gasteiger partial charge in [-0.3, -0.25) is 9.59 Å². The summed E-state index contributed by atoms with van der Waals surface area (Å²) in [7, 11) is 3.99. The lowest BCUT2D eigenvalue weighted by Crippen LogP contribution is -2.38. The lowest BCUT2D eigenvalue weighted by Gasteiger charge is -2.15. The smallest absolute Gasteiger partial charge is 0.253 e. The molecule has 0 amide bonds. The number of aromatic hydroxyl groups is 1. The van der Waals surface area contributed by atoms with Crippen molar-refractivity contribution in [3.8, 4) is 5.75 Å². The summed E-state index contributed by atoms with van der Waals surface area (Å²) >= 11 is 0. The van der Waals surface area contributed by atoms with E-state index in [9.17, 15) is 14.7 Å². The molecule has 0 saturated heterocycles. The van der Waals surface area contributed by atoms with Crippen molar-refractivity contribution in [1.82, 2.24) is 4.90 Å². The molecule has 2 rings (SSSR count). The number of rotatable bonds is 9. The Morgan fingerprint density at radius 1 is 0.957 bits per heavy atom. The van der Waals surface area contributed by atoms with Crippen LogP contribution in [0.1, 0.15) is 12.0 Å². The summed E-state index contributed by atoms with van der Waals surface area (Å²) in [5.74, 6) is 0.230. The molecule has 2 aromatic carbocycles. The second kappa shape index (κ2) is 7.78. The minimum atomic E-state index is -0.453. The van der Waals surface area contributed by atoms with Crippen molar-refractivity contribution in [2.45, 2.75) is 12.8 Å². The summed E-state index contributed by atoms with van der Waals surface area (Å²) < 4.78 is 0. The van der Waals surface area contributed by atoms with Crippen molar-refractivity contribution < 1.29 is 5.11 Å². The van der Waals surface area contributed by atoms with Crippen LogP contribution in [-0.2, 0) is 6.42 Å². The van der Waals surface area contributed by atoms with Gasteiger partial charge < -0.3 is 20.6 Å². The summed E-state index contributed by atoms with van der Waals surface area (Å²) in [6.07, 6.45) is 1.61. The highest BCUT2D eigenvalue weighted by Crippen LogP contribution is 2.15. The fourth-order valence-corrected chi connectivity index (χ4v) is 2.33. The Kier molecular flexibility index (Phi) is 5.76. The van der Waals surface area contributed by atoms with Gasteiger partial charge in [0.2, 0.25) is 0 Å². The van der Waals surface area contributed by atoms with Crippen LogP contribution < -0.4 is 21.5 Å². The lowest BCUT2D eigenvalue weighted by atomic mass is 10.1. The van der Waals surface area contributed by atoms with Crippen LogP contribution in [0.25, 0.3) is 0 Å². The first-order valence-corrected chi connectivity index (χ1v) is 7.72. The van der Waals surface area contributed by atoms with Crippen LogP contribution in [0.3, 0.4) is 0 Å². The van der Waals surface area contributed by atoms with E-state index in [0.29, 0.717) is 30.9 Å². The van der Waals surface area contributed by atoms with Gasteiger partial charge in [0, 0.05) is 13.1 Å². The van der Waals surface area contributed by atoms with E-state index in [0.717, 1.165) is 18.5 Å². The third kappa shape index (κ3) is 4.56. The van der Waals surface area contributed by atoms with E-state index >= 15 is 0 Å². The Hall–Kier alpha value is -2.34. The zero-order valence-corrected chi connectivity index (χ0v) is 13.6. The quantitative estimate of drug-likeness (QED) is 0.473. The average Bonchev–Trinajstić information content (AvgIpc) is 2.53. The first-order chi connectivity index (χ1) is 11.0. The zero-order valence-electron chi connectivity index (χ0n) is 13.6. The van der Waals surface area contributed by atoms with E-state index in [-0.39, 0.29) is 5.75 Å². The molecule has 6 heteroatoms. The van der Waals surface area contributed by atoms with Crippen LogP contribution in [0.15, 0.2) is 33.9 Å². The topological polar surface area (TPSA) is 81.7 Å². The van der Waals surface area contributed by atoms with Crippen LogP contribution in [-0.4, -0.2) is 43.7 Å². The highest BCUT2D eigenvalue weighted by molar-refractivity contribution is 5.73. The van der Waals surface area contributed by atoms with Gasteiger partial charge >= 0.3 is 0 Å². The van der Waals surface area contributed by atoms with Gasteiger partial charge in [0.1, 0.15) is 17.1 Å². The van der Waals surface area contributed by atoms with Crippen molar-refractivity contribution >= 4 is 11.4 Å². The lowest BCUT2D eigenvalue weighted by molar-refractivity contribution is 0.405. The number of hydrogen-bond acceptors (Lipinski definition) is 6. The molecular formula is C17H23N3O3. The third-order valence-corrected chi connectivity index (χ3v) is 3.65. The minimum absolute atomic E-state index is 0.230. The minimum Gasteiger partial charge on any atom is -0.508 e. The van der Waals surface area contributed by atoms with E-state index in [4.69, 9.17) is 0 Å². The summed E-state index contributed by atoms with van der Waals surface area (Å²) in [5.41, 5.74) is 0.945. The van der Waals surface area contributed by atoms with Crippen LogP contribution in [0.2, 0.25) is 0 Å². The molecule has 0 aliphatic rings. The number of phenolic OH excluding ortho intramolecular Hbond substituents is 1. The largest absolute Gasteiger partial charge is 0.508 e. The fourth-order valence-electron chi connectivity index (χ4n) is 2.33. The van der Waals surface area contributed by atoms with E-state index < -0.39 is 10.9 Å². The fraction of sp³-hybridized carbons (Fsp3) is 0.412. The number of phenols is 1. The molecule has 0 aliphatic carbocycles. The van der Waals surface area contributed by atoms with Crippen molar-refractivity contribution in [3.05, 3.63) is 50.3 Å². The molecule has 124 valence electrons. The summed E-state index contributed by atoms with van der Waals surface area (Å²) in [5, 5.41) is 15.3. The maximum Gasteiger partial charge on any atom is 0.253 e. The third-order valence-electron chi connectivity index (χ3n) is 3.65. The highest BCUT2D eigenvalue weighted by Gasteiger charge is 2.19. The van der Waals surface area contributed by atoms with Gasteiger partial charge in [-0.1, -0.05) is 12.1 Å². The number of nitrogens with zero attached hydrogens (tertiary/aromatic N) is 1. The number of nitrogens with one attached hydrogen (secondary N) is 2. The zero-order chi connectivity index (χ0) is 16.8. The average molecular weight is 317 g/mol. The van der Waals surface area contributed by atoms with Gasteiger partial charge in [0.05, 0.1) is 0 Å². The molecule has 0 aliphatic heterocycles. The predicted molar refractivity (Wildman–Crippen MR) is 93.3 cm³/mol. The molecule has 2 aromatic rings. The van der Waals surface area contributed by atoms with Crippen molar-refractivity contribution in [2.75, 3.05) is 44.4 Å². The van der Waals surface area contributed by atoms with E-state index in [2.05, 4.69) is 15.5 Å². The van der Waals surface area contributed by atoms with E-state index in [1.165, 1.54) is 0 Å². The molecule has 0 bridgehead atoms. The normalized spacial score (nSPS) is 11.1. The van der Waals surface area contributed by atoms with Gasteiger partial charge in [0.15, 0.2) is 0 Å². The second-order valence-corrected chi connectivity index (χ2v) is 5.84. The van der Waals surface area contributed by atoms with Crippen molar-refractivity contribution in [2.24, 2.45) is 0 Å². The van der Waals surface area contributed by atoms with Crippen LogP contribution in [0, 0.1) is 0 Å². The highest BCUT2D eigenvalue weighted by atomic mass is 16.3. The molecule has 6 nitrogen and oxygen atoms in total. The van der Waals surface area contributed by atoms with Gasteiger partial charge in [-0.05, 0) is 51.2 Å². The molecule has 0 aromatic heterocycles. The predicted octanol–water partition coefficient (Wildman–Crippen LogP) is 1.01. The molecule has 0 saturated carbocycles. The SMILES string of the molecule is CN(C)CCCNc1c(NCCc2ccc(O)cc2)c(=O)c1=O. The standard InChI is InChI=1S/C17H23N3O3/c1-20(2)11-3-9-18-14-15(17(23)16(14)22)19-10-8-12-4-6-13(21)7-5-12/h4-7,18-19,21H,3,8-11H2,1-2H3. The summed E-state index contributed by atoms with van der Waals surface area (Å²) in [6, 6.07) is 6.92. The second-order valence-electron chi connectivity index (χ2n) is 5.84. The Balaban J connectivity index is 1.83. The molecule has 0 heterocycles. The maximum atomic E-state index is 11.6. The monoisotopic (exact) mass is 317 g/mol. The maximum absolute atomic E-state index is 11.6.